The molecule has 4 rings (SSSR count). The van der Waals surface area contributed by atoms with Gasteiger partial charge in [-0.2, -0.15) is 4.31 Å². The number of ether oxygens (including phenoxy) is 1. The number of benzene rings is 2. The minimum Gasteiger partial charge on any atom is -0.492 e. The van der Waals surface area contributed by atoms with Gasteiger partial charge in [-0.3, -0.25) is 4.79 Å². The molecule has 2 aliphatic rings. The molecular formula is C20H19ClF2N2O4S. The Bertz CT molecular complexity index is 1090. The van der Waals surface area contributed by atoms with Gasteiger partial charge in [-0.15, -0.1) is 0 Å². The first kappa shape index (κ1) is 21.0. The van der Waals surface area contributed by atoms with E-state index in [1.807, 2.05) is 0 Å². The minimum absolute atomic E-state index is 0.0000188. The first-order valence-corrected chi connectivity index (χ1v) is 11.2. The fourth-order valence-corrected chi connectivity index (χ4v) is 5.44. The summed E-state index contributed by atoms with van der Waals surface area (Å²) in [7, 11) is -4.19. The van der Waals surface area contributed by atoms with E-state index >= 15 is 0 Å². The maximum atomic E-state index is 14.0. The van der Waals surface area contributed by atoms with E-state index in [-0.39, 0.29) is 44.6 Å². The molecule has 0 saturated carbocycles. The summed E-state index contributed by atoms with van der Waals surface area (Å²) in [6, 6.07) is 7.59. The lowest BCUT2D eigenvalue weighted by Crippen LogP contribution is -2.53. The van der Waals surface area contributed by atoms with Crippen molar-refractivity contribution in [3.63, 3.8) is 0 Å². The van der Waals surface area contributed by atoms with E-state index in [0.717, 1.165) is 22.0 Å². The van der Waals surface area contributed by atoms with Gasteiger partial charge in [0.15, 0.2) is 0 Å². The van der Waals surface area contributed by atoms with Crippen molar-refractivity contribution >= 4 is 27.5 Å². The summed E-state index contributed by atoms with van der Waals surface area (Å²) in [5, 5.41) is 0.564. The van der Waals surface area contributed by atoms with Gasteiger partial charge >= 0.3 is 0 Å². The zero-order valence-electron chi connectivity index (χ0n) is 15.9. The van der Waals surface area contributed by atoms with Crippen LogP contribution < -0.4 is 4.74 Å². The molecule has 160 valence electrons. The lowest BCUT2D eigenvalue weighted by Gasteiger charge is -2.36. The summed E-state index contributed by atoms with van der Waals surface area (Å²) in [5.41, 5.74) is 0.856. The highest BCUT2D eigenvalue weighted by Gasteiger charge is 2.35. The van der Waals surface area contributed by atoms with Crippen molar-refractivity contribution in [1.29, 1.82) is 0 Å². The van der Waals surface area contributed by atoms with E-state index in [4.69, 9.17) is 16.3 Å². The zero-order valence-corrected chi connectivity index (χ0v) is 17.4. The number of carbonyl (C=O) groups is 1. The summed E-state index contributed by atoms with van der Waals surface area (Å²) in [4.78, 5) is 13.8. The van der Waals surface area contributed by atoms with Gasteiger partial charge in [-0.25, -0.2) is 17.2 Å². The Balaban J connectivity index is 1.42. The lowest BCUT2D eigenvalue weighted by molar-refractivity contribution is -0.138. The topological polar surface area (TPSA) is 66.9 Å². The van der Waals surface area contributed by atoms with Crippen molar-refractivity contribution in [2.45, 2.75) is 11.3 Å². The third-order valence-corrected chi connectivity index (χ3v) is 7.49. The van der Waals surface area contributed by atoms with Crippen molar-refractivity contribution in [2.75, 3.05) is 32.8 Å². The van der Waals surface area contributed by atoms with Crippen LogP contribution in [0, 0.1) is 17.6 Å². The van der Waals surface area contributed by atoms with Gasteiger partial charge in [0.1, 0.15) is 28.9 Å². The van der Waals surface area contributed by atoms with Crippen LogP contribution in [0.5, 0.6) is 5.75 Å². The number of amides is 1. The van der Waals surface area contributed by atoms with Gasteiger partial charge in [-0.05, 0) is 48.4 Å². The Hall–Kier alpha value is -2.23. The zero-order chi connectivity index (χ0) is 21.5. The van der Waals surface area contributed by atoms with Gasteiger partial charge < -0.3 is 9.64 Å². The number of rotatable bonds is 3. The number of carbonyl (C=O) groups excluding carboxylic acids is 1. The molecule has 1 fully saturated rings. The summed E-state index contributed by atoms with van der Waals surface area (Å²) in [6.07, 6.45) is 0.488. The van der Waals surface area contributed by atoms with Gasteiger partial charge in [0.05, 0.1) is 5.92 Å². The second-order valence-electron chi connectivity index (χ2n) is 7.27. The quantitative estimate of drug-likeness (QED) is 0.712. The number of piperazine rings is 1. The summed E-state index contributed by atoms with van der Waals surface area (Å²) >= 11 is 6.02. The summed E-state index contributed by atoms with van der Waals surface area (Å²) < 4.78 is 59.5. The van der Waals surface area contributed by atoms with Crippen molar-refractivity contribution < 1.29 is 26.7 Å². The second kappa shape index (κ2) is 8.13. The molecule has 0 bridgehead atoms. The van der Waals surface area contributed by atoms with Gasteiger partial charge in [-0.1, -0.05) is 11.6 Å². The molecule has 10 heteroatoms. The number of hydrogen-bond acceptors (Lipinski definition) is 4. The molecule has 2 heterocycles. The maximum absolute atomic E-state index is 14.0. The van der Waals surface area contributed by atoms with Crippen molar-refractivity contribution in [3.05, 3.63) is 58.6 Å². The first-order valence-electron chi connectivity index (χ1n) is 9.41. The highest BCUT2D eigenvalue weighted by molar-refractivity contribution is 7.89. The van der Waals surface area contributed by atoms with E-state index in [1.54, 1.807) is 23.1 Å². The van der Waals surface area contributed by atoms with E-state index in [0.29, 0.717) is 23.3 Å². The number of halogens is 3. The third-order valence-electron chi connectivity index (χ3n) is 5.34. The number of sulfonamides is 1. The van der Waals surface area contributed by atoms with Gasteiger partial charge in [0, 0.05) is 31.2 Å². The van der Waals surface area contributed by atoms with Gasteiger partial charge in [0.2, 0.25) is 15.9 Å². The van der Waals surface area contributed by atoms with Crippen LogP contribution in [0.15, 0.2) is 41.3 Å². The fourth-order valence-electron chi connectivity index (χ4n) is 3.74. The normalized spacial score (nSPS) is 19.8. The Morgan fingerprint density at radius 1 is 1.07 bits per heavy atom. The largest absolute Gasteiger partial charge is 0.492 e. The second-order valence-corrected chi connectivity index (χ2v) is 9.61. The van der Waals surface area contributed by atoms with Crippen LogP contribution in [0.1, 0.15) is 5.56 Å². The summed E-state index contributed by atoms with van der Waals surface area (Å²) in [5.74, 6) is -1.65. The molecule has 2 aromatic carbocycles. The van der Waals surface area contributed by atoms with E-state index in [2.05, 4.69) is 0 Å². The average molecular weight is 457 g/mol. The highest BCUT2D eigenvalue weighted by Crippen LogP contribution is 2.31. The number of hydrogen-bond donors (Lipinski definition) is 0. The molecule has 0 aliphatic carbocycles. The molecule has 6 nitrogen and oxygen atoms in total. The predicted octanol–water partition coefficient (Wildman–Crippen LogP) is 2.70. The molecule has 1 amide bonds. The third kappa shape index (κ3) is 4.01. The van der Waals surface area contributed by atoms with E-state index in [9.17, 15) is 22.0 Å². The molecule has 0 aromatic heterocycles. The molecule has 2 aliphatic heterocycles. The van der Waals surface area contributed by atoms with Crippen molar-refractivity contribution in [2.24, 2.45) is 5.92 Å². The van der Waals surface area contributed by atoms with Gasteiger partial charge in [0.25, 0.3) is 0 Å². The SMILES string of the molecule is O=C([C@H]1COc2ccc(Cl)cc2C1)N1CCN(S(=O)(=O)c2cc(F)ccc2F)CC1. The van der Waals surface area contributed by atoms with Crippen LogP contribution in [0.2, 0.25) is 5.02 Å². The Kier molecular flexibility index (Phi) is 5.69. The Morgan fingerprint density at radius 2 is 1.80 bits per heavy atom. The molecule has 0 radical (unpaired) electrons. The van der Waals surface area contributed by atoms with Crippen LogP contribution in [-0.2, 0) is 21.2 Å². The molecule has 0 spiro atoms. The lowest BCUT2D eigenvalue weighted by atomic mass is 9.95. The molecule has 0 unspecified atom stereocenters. The maximum Gasteiger partial charge on any atom is 0.246 e. The fraction of sp³-hybridized carbons (Fsp3) is 0.350. The van der Waals surface area contributed by atoms with E-state index < -0.39 is 26.6 Å². The van der Waals surface area contributed by atoms with Crippen LogP contribution in [0.4, 0.5) is 8.78 Å². The Morgan fingerprint density at radius 3 is 2.53 bits per heavy atom. The molecule has 0 N–H and O–H groups in total. The first-order chi connectivity index (χ1) is 14.3. The average Bonchev–Trinajstić information content (AvgIpc) is 2.74. The molecule has 30 heavy (non-hydrogen) atoms. The van der Waals surface area contributed by atoms with Crippen molar-refractivity contribution in [3.8, 4) is 5.75 Å². The van der Waals surface area contributed by atoms with Crippen LogP contribution in [-0.4, -0.2) is 56.3 Å². The standard InChI is InChI=1S/C20H19ClF2N2O4S/c21-15-1-4-18-13(10-15)9-14(12-29-18)20(26)24-5-7-25(8-6-24)30(27,28)19-11-16(22)2-3-17(19)23/h1-4,10-11,14H,5-9,12H2/t14-/m1/s1. The molecule has 1 atom stereocenters. The highest BCUT2D eigenvalue weighted by atomic mass is 35.5. The van der Waals surface area contributed by atoms with Crippen molar-refractivity contribution in [1.82, 2.24) is 9.21 Å². The Labute approximate surface area is 178 Å². The minimum atomic E-state index is -4.19. The number of nitrogens with zero attached hydrogens (tertiary/aromatic N) is 2. The monoisotopic (exact) mass is 456 g/mol. The van der Waals surface area contributed by atoms with Crippen LogP contribution >= 0.6 is 11.6 Å². The number of fused-ring (bicyclic) bond motifs is 1. The summed E-state index contributed by atoms with van der Waals surface area (Å²) in [6.45, 7) is 0.558. The van der Waals surface area contributed by atoms with Crippen LogP contribution in [0.3, 0.4) is 0 Å². The van der Waals surface area contributed by atoms with Crippen LogP contribution in [0.25, 0.3) is 0 Å². The molecule has 1 saturated heterocycles. The van der Waals surface area contributed by atoms with E-state index in [1.165, 1.54) is 0 Å². The molecule has 2 aromatic rings. The molecular weight excluding hydrogens is 438 g/mol. The predicted molar refractivity (Wildman–Crippen MR) is 106 cm³/mol. The smallest absolute Gasteiger partial charge is 0.246 e.